The number of nitrogens with zero attached hydrogens (tertiary/aromatic N) is 1. The minimum Gasteiger partial charge on any atom is -0.480 e. The molecule has 1 aromatic carbocycles. The topological polar surface area (TPSA) is 62.2 Å². The molecule has 1 heterocycles. The van der Waals surface area contributed by atoms with Crippen molar-refractivity contribution in [3.63, 3.8) is 0 Å². The summed E-state index contributed by atoms with van der Waals surface area (Å²) >= 11 is 0. The number of benzene rings is 1. The average molecular weight is 256 g/mol. The fourth-order valence-electron chi connectivity index (χ4n) is 1.84. The van der Waals surface area contributed by atoms with E-state index >= 15 is 0 Å². The van der Waals surface area contributed by atoms with E-state index in [0.29, 0.717) is 13.0 Å². The molecule has 0 fully saturated rings. The van der Waals surface area contributed by atoms with E-state index in [2.05, 4.69) is 10.3 Å². The van der Waals surface area contributed by atoms with E-state index in [1.807, 2.05) is 42.5 Å². The molecule has 0 saturated carbocycles. The number of rotatable bonds is 6. The van der Waals surface area contributed by atoms with Crippen LogP contribution in [0.2, 0.25) is 0 Å². The molecule has 1 atom stereocenters. The lowest BCUT2D eigenvalue weighted by Gasteiger charge is -2.14. The highest BCUT2D eigenvalue weighted by atomic mass is 16.4. The van der Waals surface area contributed by atoms with Crippen LogP contribution < -0.4 is 5.32 Å². The monoisotopic (exact) mass is 256 g/mol. The summed E-state index contributed by atoms with van der Waals surface area (Å²) in [5.41, 5.74) is 1.98. The van der Waals surface area contributed by atoms with Gasteiger partial charge in [0.05, 0.1) is 0 Å². The Morgan fingerprint density at radius 2 is 1.89 bits per heavy atom. The minimum absolute atomic E-state index is 0.469. The van der Waals surface area contributed by atoms with E-state index in [1.54, 1.807) is 12.4 Å². The van der Waals surface area contributed by atoms with E-state index in [4.69, 9.17) is 0 Å². The van der Waals surface area contributed by atoms with Gasteiger partial charge in [0.15, 0.2) is 0 Å². The fraction of sp³-hybridized carbons (Fsp3) is 0.200. The Morgan fingerprint density at radius 3 is 2.53 bits per heavy atom. The Hall–Kier alpha value is -2.20. The second-order valence-electron chi connectivity index (χ2n) is 4.32. The molecule has 0 bridgehead atoms. The summed E-state index contributed by atoms with van der Waals surface area (Å²) < 4.78 is 0. The number of aliphatic carboxylic acids is 1. The van der Waals surface area contributed by atoms with Gasteiger partial charge in [0, 0.05) is 18.9 Å². The summed E-state index contributed by atoms with van der Waals surface area (Å²) in [6.07, 6.45) is 3.90. The first-order valence-electron chi connectivity index (χ1n) is 6.15. The molecule has 19 heavy (non-hydrogen) atoms. The number of hydrogen-bond donors (Lipinski definition) is 2. The van der Waals surface area contributed by atoms with Crippen molar-refractivity contribution in [2.24, 2.45) is 0 Å². The van der Waals surface area contributed by atoms with Gasteiger partial charge in [-0.1, -0.05) is 36.4 Å². The molecule has 2 N–H and O–H groups in total. The Labute approximate surface area is 112 Å². The zero-order valence-electron chi connectivity index (χ0n) is 10.5. The van der Waals surface area contributed by atoms with Crippen molar-refractivity contribution in [1.29, 1.82) is 0 Å². The van der Waals surface area contributed by atoms with E-state index in [0.717, 1.165) is 11.1 Å². The summed E-state index contributed by atoms with van der Waals surface area (Å²) in [6, 6.07) is 12.8. The predicted molar refractivity (Wildman–Crippen MR) is 72.6 cm³/mol. The van der Waals surface area contributed by atoms with Gasteiger partial charge in [-0.2, -0.15) is 0 Å². The lowest BCUT2D eigenvalue weighted by molar-refractivity contribution is -0.139. The number of carboxylic acid groups (broad SMARTS) is 1. The van der Waals surface area contributed by atoms with Crippen LogP contribution in [0, 0.1) is 0 Å². The van der Waals surface area contributed by atoms with Crippen molar-refractivity contribution >= 4 is 5.97 Å². The molecule has 0 aliphatic carbocycles. The van der Waals surface area contributed by atoms with Crippen LogP contribution in [0.3, 0.4) is 0 Å². The average Bonchev–Trinajstić information content (AvgIpc) is 2.45. The van der Waals surface area contributed by atoms with Gasteiger partial charge in [0.2, 0.25) is 0 Å². The molecule has 98 valence electrons. The normalized spacial score (nSPS) is 12.0. The Balaban J connectivity index is 1.95. The van der Waals surface area contributed by atoms with Gasteiger partial charge in [-0.3, -0.25) is 15.1 Å². The number of hydrogen-bond acceptors (Lipinski definition) is 3. The first kappa shape index (κ1) is 13.2. The van der Waals surface area contributed by atoms with Crippen LogP contribution in [0.25, 0.3) is 0 Å². The summed E-state index contributed by atoms with van der Waals surface area (Å²) in [5.74, 6) is -0.840. The van der Waals surface area contributed by atoms with E-state index in [9.17, 15) is 9.90 Å². The molecule has 2 aromatic rings. The maximum absolute atomic E-state index is 11.2. The van der Waals surface area contributed by atoms with Crippen molar-refractivity contribution in [1.82, 2.24) is 10.3 Å². The highest BCUT2D eigenvalue weighted by Crippen LogP contribution is 2.04. The molecule has 0 aliphatic rings. The SMILES string of the molecule is O=C(O)C(Cc1ccccc1)NCc1cccnc1. The van der Waals surface area contributed by atoms with Crippen molar-refractivity contribution in [2.45, 2.75) is 19.0 Å². The molecule has 4 heteroatoms. The van der Waals surface area contributed by atoms with Crippen molar-refractivity contribution in [2.75, 3.05) is 0 Å². The molecule has 1 aromatic heterocycles. The van der Waals surface area contributed by atoms with Gasteiger partial charge < -0.3 is 5.11 Å². The van der Waals surface area contributed by atoms with E-state index in [-0.39, 0.29) is 0 Å². The summed E-state index contributed by atoms with van der Waals surface area (Å²) in [5, 5.41) is 12.3. The Bertz CT molecular complexity index is 514. The van der Waals surface area contributed by atoms with Gasteiger partial charge in [-0.25, -0.2) is 0 Å². The molecule has 0 saturated heterocycles. The Morgan fingerprint density at radius 1 is 1.16 bits per heavy atom. The standard InChI is InChI=1S/C15H16N2O2/c18-15(19)14(9-12-5-2-1-3-6-12)17-11-13-7-4-8-16-10-13/h1-8,10,14,17H,9,11H2,(H,18,19). The van der Waals surface area contributed by atoms with Crippen LogP contribution in [0.15, 0.2) is 54.9 Å². The predicted octanol–water partition coefficient (Wildman–Crippen LogP) is 1.87. The summed E-state index contributed by atoms with van der Waals surface area (Å²) in [4.78, 5) is 15.3. The van der Waals surface area contributed by atoms with Crippen molar-refractivity contribution in [3.8, 4) is 0 Å². The first-order chi connectivity index (χ1) is 9.25. The highest BCUT2D eigenvalue weighted by molar-refractivity contribution is 5.73. The lowest BCUT2D eigenvalue weighted by atomic mass is 10.1. The summed E-state index contributed by atoms with van der Waals surface area (Å²) in [6.45, 7) is 0.498. The van der Waals surface area contributed by atoms with Crippen LogP contribution in [-0.2, 0) is 17.8 Å². The summed E-state index contributed by atoms with van der Waals surface area (Å²) in [7, 11) is 0. The van der Waals surface area contributed by atoms with Gasteiger partial charge in [0.25, 0.3) is 0 Å². The third kappa shape index (κ3) is 4.19. The van der Waals surface area contributed by atoms with E-state index < -0.39 is 12.0 Å². The van der Waals surface area contributed by atoms with Crippen LogP contribution in [0.4, 0.5) is 0 Å². The Kier molecular flexibility index (Phi) is 4.64. The second-order valence-corrected chi connectivity index (χ2v) is 4.32. The molecular weight excluding hydrogens is 240 g/mol. The molecule has 0 radical (unpaired) electrons. The first-order valence-corrected chi connectivity index (χ1v) is 6.15. The molecule has 1 unspecified atom stereocenters. The number of nitrogens with one attached hydrogen (secondary N) is 1. The van der Waals surface area contributed by atoms with Crippen LogP contribution >= 0.6 is 0 Å². The molecule has 4 nitrogen and oxygen atoms in total. The second kappa shape index (κ2) is 6.66. The molecule has 0 aliphatic heterocycles. The van der Waals surface area contributed by atoms with Gasteiger partial charge in [-0.05, 0) is 23.6 Å². The quantitative estimate of drug-likeness (QED) is 0.828. The number of carbonyl (C=O) groups is 1. The smallest absolute Gasteiger partial charge is 0.321 e. The van der Waals surface area contributed by atoms with Gasteiger partial charge in [-0.15, -0.1) is 0 Å². The molecule has 2 rings (SSSR count). The number of pyridine rings is 1. The van der Waals surface area contributed by atoms with Crippen LogP contribution in [0.1, 0.15) is 11.1 Å². The zero-order valence-corrected chi connectivity index (χ0v) is 10.5. The number of carboxylic acids is 1. The zero-order chi connectivity index (χ0) is 13.5. The third-order valence-electron chi connectivity index (χ3n) is 2.86. The fourth-order valence-corrected chi connectivity index (χ4v) is 1.84. The van der Waals surface area contributed by atoms with Crippen LogP contribution in [-0.4, -0.2) is 22.1 Å². The lowest BCUT2D eigenvalue weighted by Crippen LogP contribution is -2.38. The van der Waals surface area contributed by atoms with Crippen molar-refractivity contribution in [3.05, 3.63) is 66.0 Å². The number of aromatic nitrogens is 1. The van der Waals surface area contributed by atoms with E-state index in [1.165, 1.54) is 0 Å². The van der Waals surface area contributed by atoms with Crippen LogP contribution in [0.5, 0.6) is 0 Å². The maximum atomic E-state index is 11.2. The third-order valence-corrected chi connectivity index (χ3v) is 2.86. The maximum Gasteiger partial charge on any atom is 0.321 e. The molecule has 0 amide bonds. The van der Waals surface area contributed by atoms with Gasteiger partial charge >= 0.3 is 5.97 Å². The largest absolute Gasteiger partial charge is 0.480 e. The minimum atomic E-state index is -0.840. The molecule has 0 spiro atoms. The highest BCUT2D eigenvalue weighted by Gasteiger charge is 2.16. The molecular formula is C15H16N2O2. The van der Waals surface area contributed by atoms with Crippen molar-refractivity contribution < 1.29 is 9.90 Å². The van der Waals surface area contributed by atoms with Gasteiger partial charge in [0.1, 0.15) is 6.04 Å².